The maximum atomic E-state index is 13.1. The Morgan fingerprint density at radius 1 is 1.13 bits per heavy atom. The van der Waals surface area contributed by atoms with E-state index >= 15 is 0 Å². The van der Waals surface area contributed by atoms with Gasteiger partial charge in [-0.3, -0.25) is 14.6 Å². The SMILES string of the molecule is Cc1ccc(-c2cc(C(=O)N3CCCCC3C(=O)NCc3ccncc3)no2)cc1. The first-order chi connectivity index (χ1) is 14.6. The largest absolute Gasteiger partial charge is 0.355 e. The molecule has 1 fully saturated rings. The molecule has 3 heterocycles. The summed E-state index contributed by atoms with van der Waals surface area (Å²) in [6.07, 6.45) is 5.78. The van der Waals surface area contributed by atoms with E-state index in [0.717, 1.165) is 29.5 Å². The molecular weight excluding hydrogens is 380 g/mol. The Bertz CT molecular complexity index is 1010. The first-order valence-corrected chi connectivity index (χ1v) is 10.1. The zero-order chi connectivity index (χ0) is 20.9. The lowest BCUT2D eigenvalue weighted by molar-refractivity contribution is -0.126. The minimum Gasteiger partial charge on any atom is -0.355 e. The van der Waals surface area contributed by atoms with E-state index < -0.39 is 6.04 Å². The number of aryl methyl sites for hydroxylation is 1. The van der Waals surface area contributed by atoms with Crippen LogP contribution in [0.25, 0.3) is 11.3 Å². The number of hydrogen-bond donors (Lipinski definition) is 1. The van der Waals surface area contributed by atoms with Gasteiger partial charge in [0.15, 0.2) is 11.5 Å². The van der Waals surface area contributed by atoms with E-state index in [4.69, 9.17) is 4.52 Å². The third kappa shape index (κ3) is 4.40. The second kappa shape index (κ2) is 8.90. The van der Waals surface area contributed by atoms with Crippen molar-refractivity contribution in [3.05, 3.63) is 71.7 Å². The number of nitrogens with zero attached hydrogens (tertiary/aromatic N) is 3. The van der Waals surface area contributed by atoms with Crippen LogP contribution in [-0.2, 0) is 11.3 Å². The molecular formula is C23H24N4O3. The van der Waals surface area contributed by atoms with E-state index in [1.54, 1.807) is 23.4 Å². The van der Waals surface area contributed by atoms with Crippen LogP contribution in [0.3, 0.4) is 0 Å². The Morgan fingerprint density at radius 2 is 1.90 bits per heavy atom. The average Bonchev–Trinajstić information content (AvgIpc) is 3.28. The van der Waals surface area contributed by atoms with E-state index in [-0.39, 0.29) is 17.5 Å². The molecule has 2 amide bonds. The topological polar surface area (TPSA) is 88.3 Å². The summed E-state index contributed by atoms with van der Waals surface area (Å²) in [4.78, 5) is 31.5. The summed E-state index contributed by atoms with van der Waals surface area (Å²) in [5.41, 5.74) is 3.19. The van der Waals surface area contributed by atoms with Crippen molar-refractivity contribution in [3.63, 3.8) is 0 Å². The van der Waals surface area contributed by atoms with Crippen LogP contribution in [0, 0.1) is 6.92 Å². The molecule has 1 atom stereocenters. The summed E-state index contributed by atoms with van der Waals surface area (Å²) in [5, 5.41) is 6.91. The number of likely N-dealkylation sites (tertiary alicyclic amines) is 1. The fraction of sp³-hybridized carbons (Fsp3) is 0.304. The first-order valence-electron chi connectivity index (χ1n) is 10.1. The molecule has 154 valence electrons. The summed E-state index contributed by atoms with van der Waals surface area (Å²) in [7, 11) is 0. The summed E-state index contributed by atoms with van der Waals surface area (Å²) in [6, 6.07) is 12.7. The van der Waals surface area contributed by atoms with Crippen LogP contribution in [0.4, 0.5) is 0 Å². The normalized spacial score (nSPS) is 16.3. The van der Waals surface area contributed by atoms with Crippen LogP contribution < -0.4 is 5.32 Å². The van der Waals surface area contributed by atoms with Crippen molar-refractivity contribution in [1.29, 1.82) is 0 Å². The highest BCUT2D eigenvalue weighted by Gasteiger charge is 2.33. The highest BCUT2D eigenvalue weighted by atomic mass is 16.5. The monoisotopic (exact) mass is 404 g/mol. The fourth-order valence-electron chi connectivity index (χ4n) is 3.63. The Balaban J connectivity index is 1.46. The van der Waals surface area contributed by atoms with Gasteiger partial charge in [-0.2, -0.15) is 0 Å². The van der Waals surface area contributed by atoms with Gasteiger partial charge in [-0.25, -0.2) is 0 Å². The van der Waals surface area contributed by atoms with E-state index in [9.17, 15) is 9.59 Å². The van der Waals surface area contributed by atoms with Crippen molar-refractivity contribution in [2.45, 2.75) is 38.8 Å². The van der Waals surface area contributed by atoms with Gasteiger partial charge in [-0.15, -0.1) is 0 Å². The van der Waals surface area contributed by atoms with E-state index in [1.807, 2.05) is 43.3 Å². The molecule has 1 N–H and O–H groups in total. The average molecular weight is 404 g/mol. The van der Waals surface area contributed by atoms with Crippen molar-refractivity contribution in [1.82, 2.24) is 20.4 Å². The molecule has 4 rings (SSSR count). The van der Waals surface area contributed by atoms with Gasteiger partial charge in [0.25, 0.3) is 5.91 Å². The van der Waals surface area contributed by atoms with E-state index in [1.165, 1.54) is 0 Å². The molecule has 0 bridgehead atoms. The molecule has 1 saturated heterocycles. The van der Waals surface area contributed by atoms with Crippen LogP contribution in [0.5, 0.6) is 0 Å². The molecule has 1 aromatic carbocycles. The van der Waals surface area contributed by atoms with Gasteiger partial charge in [0.05, 0.1) is 0 Å². The minimum absolute atomic E-state index is 0.151. The maximum Gasteiger partial charge on any atom is 0.276 e. The van der Waals surface area contributed by atoms with Crippen LogP contribution in [0.15, 0.2) is 59.4 Å². The van der Waals surface area contributed by atoms with Gasteiger partial charge in [-0.05, 0) is 43.9 Å². The molecule has 0 radical (unpaired) electrons. The quantitative estimate of drug-likeness (QED) is 0.704. The second-order valence-corrected chi connectivity index (χ2v) is 7.53. The molecule has 7 heteroatoms. The number of piperidine rings is 1. The predicted molar refractivity (Wildman–Crippen MR) is 111 cm³/mol. The standard InChI is InChI=1S/C23H24N4O3/c1-16-5-7-18(8-6-16)21-14-19(26-30-21)23(29)27-13-3-2-4-20(27)22(28)25-15-17-9-11-24-12-10-17/h5-12,14,20H,2-4,13,15H2,1H3,(H,25,28). The van der Waals surface area contributed by atoms with Crippen molar-refractivity contribution in [2.75, 3.05) is 6.54 Å². The first kappa shape index (κ1) is 19.8. The zero-order valence-electron chi connectivity index (χ0n) is 16.9. The Morgan fingerprint density at radius 3 is 2.67 bits per heavy atom. The number of nitrogens with one attached hydrogen (secondary N) is 1. The Hall–Kier alpha value is -3.48. The number of rotatable bonds is 5. The van der Waals surface area contributed by atoms with Crippen molar-refractivity contribution in [3.8, 4) is 11.3 Å². The Kier molecular flexibility index (Phi) is 5.88. The highest BCUT2D eigenvalue weighted by Crippen LogP contribution is 2.24. The van der Waals surface area contributed by atoms with Gasteiger partial charge in [-0.1, -0.05) is 35.0 Å². The number of hydrogen-bond acceptors (Lipinski definition) is 5. The number of benzene rings is 1. The lowest BCUT2D eigenvalue weighted by atomic mass is 10.0. The molecule has 7 nitrogen and oxygen atoms in total. The van der Waals surface area contributed by atoms with Crippen LogP contribution in [0.2, 0.25) is 0 Å². The molecule has 0 spiro atoms. The number of carbonyl (C=O) groups is 2. The molecule has 3 aromatic rings. The van der Waals surface area contributed by atoms with Crippen molar-refractivity contribution < 1.29 is 14.1 Å². The molecule has 1 aliphatic rings. The third-order valence-electron chi connectivity index (χ3n) is 5.35. The van der Waals surface area contributed by atoms with Crippen molar-refractivity contribution >= 4 is 11.8 Å². The number of pyridine rings is 1. The second-order valence-electron chi connectivity index (χ2n) is 7.53. The summed E-state index contributed by atoms with van der Waals surface area (Å²) >= 11 is 0. The van der Waals surface area contributed by atoms with Gasteiger partial charge in [0.2, 0.25) is 5.91 Å². The smallest absolute Gasteiger partial charge is 0.276 e. The maximum absolute atomic E-state index is 13.1. The van der Waals surface area contributed by atoms with Crippen LogP contribution in [0.1, 0.15) is 40.9 Å². The molecule has 2 aromatic heterocycles. The fourth-order valence-corrected chi connectivity index (χ4v) is 3.63. The van der Waals surface area contributed by atoms with Crippen LogP contribution >= 0.6 is 0 Å². The van der Waals surface area contributed by atoms with Crippen LogP contribution in [-0.4, -0.2) is 39.4 Å². The lowest BCUT2D eigenvalue weighted by Crippen LogP contribution is -2.51. The molecule has 0 aliphatic carbocycles. The number of carbonyl (C=O) groups excluding carboxylic acids is 2. The zero-order valence-corrected chi connectivity index (χ0v) is 16.9. The molecule has 30 heavy (non-hydrogen) atoms. The molecule has 1 aliphatic heterocycles. The van der Waals surface area contributed by atoms with E-state index in [2.05, 4.69) is 15.5 Å². The van der Waals surface area contributed by atoms with Gasteiger partial charge < -0.3 is 14.7 Å². The summed E-state index contributed by atoms with van der Waals surface area (Å²) in [6.45, 7) is 2.94. The van der Waals surface area contributed by atoms with E-state index in [0.29, 0.717) is 25.3 Å². The number of aromatic nitrogens is 2. The number of amides is 2. The van der Waals surface area contributed by atoms with Crippen molar-refractivity contribution in [2.24, 2.45) is 0 Å². The lowest BCUT2D eigenvalue weighted by Gasteiger charge is -2.34. The Labute approximate surface area is 175 Å². The van der Waals surface area contributed by atoms with Gasteiger partial charge in [0.1, 0.15) is 6.04 Å². The van der Waals surface area contributed by atoms with Gasteiger partial charge >= 0.3 is 0 Å². The summed E-state index contributed by atoms with van der Waals surface area (Å²) < 4.78 is 5.40. The predicted octanol–water partition coefficient (Wildman–Crippen LogP) is 3.36. The summed E-state index contributed by atoms with van der Waals surface area (Å²) in [5.74, 6) is 0.108. The third-order valence-corrected chi connectivity index (χ3v) is 5.35. The minimum atomic E-state index is -0.507. The molecule has 0 saturated carbocycles. The highest BCUT2D eigenvalue weighted by molar-refractivity contribution is 5.96. The molecule has 1 unspecified atom stereocenters. The van der Waals surface area contributed by atoms with Gasteiger partial charge in [0, 0.05) is 37.1 Å².